The van der Waals surface area contributed by atoms with Gasteiger partial charge in [-0.25, -0.2) is 8.42 Å². The van der Waals surface area contributed by atoms with Crippen LogP contribution < -0.4 is 0 Å². The van der Waals surface area contributed by atoms with Gasteiger partial charge in [0.2, 0.25) is 0 Å². The van der Waals surface area contributed by atoms with Crippen LogP contribution in [0.5, 0.6) is 0 Å². The number of hydrogen-bond donors (Lipinski definition) is 0. The topological polar surface area (TPSA) is 34.1 Å². The molecule has 0 amide bonds. The van der Waals surface area contributed by atoms with Gasteiger partial charge in [0.15, 0.2) is 9.84 Å². The molecular formula is C8H12O2S. The Balaban J connectivity index is 4.93. The van der Waals surface area contributed by atoms with Gasteiger partial charge in [0.1, 0.15) is 0 Å². The van der Waals surface area contributed by atoms with Crippen LogP contribution in [0.4, 0.5) is 0 Å². The van der Waals surface area contributed by atoms with Crippen LogP contribution in [-0.2, 0) is 9.84 Å². The van der Waals surface area contributed by atoms with Gasteiger partial charge in [-0.15, -0.1) is 0 Å². The molecule has 0 rings (SSSR count). The van der Waals surface area contributed by atoms with Crippen molar-refractivity contribution >= 4 is 9.84 Å². The third kappa shape index (κ3) is 3.78. The Bertz CT molecular complexity index is 281. The van der Waals surface area contributed by atoms with E-state index in [-0.39, 0.29) is 4.91 Å². The van der Waals surface area contributed by atoms with E-state index in [2.05, 4.69) is 6.58 Å². The van der Waals surface area contributed by atoms with Gasteiger partial charge in [-0.05, 0) is 19.1 Å². The summed E-state index contributed by atoms with van der Waals surface area (Å²) in [6.07, 6.45) is 7.31. The predicted octanol–water partition coefficient (Wildman–Crippen LogP) is 1.68. The van der Waals surface area contributed by atoms with E-state index < -0.39 is 9.84 Å². The van der Waals surface area contributed by atoms with Crippen LogP contribution in [-0.4, -0.2) is 14.7 Å². The second-order valence-corrected chi connectivity index (χ2v) is 4.09. The molecular weight excluding hydrogens is 160 g/mol. The van der Waals surface area contributed by atoms with Crippen molar-refractivity contribution in [3.63, 3.8) is 0 Å². The fraction of sp³-hybridized carbons (Fsp3) is 0.250. The lowest BCUT2D eigenvalue weighted by Crippen LogP contribution is -1.97. The van der Waals surface area contributed by atoms with Gasteiger partial charge in [0, 0.05) is 6.26 Å². The van der Waals surface area contributed by atoms with Gasteiger partial charge >= 0.3 is 0 Å². The molecule has 0 spiro atoms. The molecule has 0 aromatic carbocycles. The van der Waals surface area contributed by atoms with Crippen LogP contribution in [0.3, 0.4) is 0 Å². The maximum atomic E-state index is 10.9. The zero-order valence-corrected chi connectivity index (χ0v) is 7.56. The van der Waals surface area contributed by atoms with Crippen molar-refractivity contribution in [3.8, 4) is 0 Å². The van der Waals surface area contributed by atoms with Gasteiger partial charge in [-0.2, -0.15) is 0 Å². The van der Waals surface area contributed by atoms with E-state index in [1.54, 1.807) is 13.0 Å². The molecule has 0 saturated carbocycles. The zero-order chi connectivity index (χ0) is 8.91. The first-order valence-electron chi connectivity index (χ1n) is 3.18. The lowest BCUT2D eigenvalue weighted by molar-refractivity contribution is 0.608. The highest BCUT2D eigenvalue weighted by molar-refractivity contribution is 7.94. The molecule has 11 heavy (non-hydrogen) atoms. The third-order valence-corrected chi connectivity index (χ3v) is 2.17. The Morgan fingerprint density at radius 1 is 1.45 bits per heavy atom. The molecule has 0 aromatic heterocycles. The molecule has 0 aliphatic rings. The molecule has 3 heteroatoms. The normalized spacial score (nSPS) is 13.8. The zero-order valence-electron chi connectivity index (χ0n) is 6.74. The van der Waals surface area contributed by atoms with Crippen LogP contribution >= 0.6 is 0 Å². The molecule has 0 heterocycles. The summed E-state index contributed by atoms with van der Waals surface area (Å²) in [5.74, 6) is 0. The van der Waals surface area contributed by atoms with E-state index in [0.29, 0.717) is 0 Å². The summed E-state index contributed by atoms with van der Waals surface area (Å²) in [4.78, 5) is 0.287. The SMILES string of the molecule is C=CC=C(C=CC)S(C)(=O)=O. The number of sulfone groups is 1. The van der Waals surface area contributed by atoms with Crippen molar-refractivity contribution in [2.24, 2.45) is 0 Å². The first-order chi connectivity index (χ1) is 5.02. The fourth-order valence-electron chi connectivity index (χ4n) is 0.583. The fourth-order valence-corrected chi connectivity index (χ4v) is 1.31. The van der Waals surface area contributed by atoms with E-state index in [1.807, 2.05) is 0 Å². The molecule has 62 valence electrons. The molecule has 0 aliphatic carbocycles. The van der Waals surface area contributed by atoms with Gasteiger partial charge in [0.05, 0.1) is 4.91 Å². The van der Waals surface area contributed by atoms with E-state index in [9.17, 15) is 8.42 Å². The summed E-state index contributed by atoms with van der Waals surface area (Å²) in [5.41, 5.74) is 0. The van der Waals surface area contributed by atoms with Gasteiger partial charge in [0.25, 0.3) is 0 Å². The number of hydrogen-bond acceptors (Lipinski definition) is 2. The average molecular weight is 172 g/mol. The smallest absolute Gasteiger partial charge is 0.175 e. The molecule has 0 aromatic rings. The van der Waals surface area contributed by atoms with Crippen molar-refractivity contribution < 1.29 is 8.42 Å². The van der Waals surface area contributed by atoms with Crippen molar-refractivity contribution in [3.05, 3.63) is 35.8 Å². The quantitative estimate of drug-likeness (QED) is 0.607. The predicted molar refractivity (Wildman–Crippen MR) is 47.9 cm³/mol. The highest BCUT2D eigenvalue weighted by Crippen LogP contribution is 2.05. The average Bonchev–Trinajstić information content (AvgIpc) is 1.85. The molecule has 0 N–H and O–H groups in total. The standard InChI is InChI=1S/C8H12O2S/c1-4-6-8(7-5-2)11(3,9)10/h4-7H,1H2,2-3H3. The summed E-state index contributed by atoms with van der Waals surface area (Å²) in [7, 11) is -3.09. The minimum Gasteiger partial charge on any atom is -0.224 e. The minimum absolute atomic E-state index is 0.287. The number of rotatable bonds is 3. The largest absolute Gasteiger partial charge is 0.224 e. The lowest BCUT2D eigenvalue weighted by atomic mass is 10.4. The minimum atomic E-state index is -3.09. The van der Waals surface area contributed by atoms with Crippen LogP contribution in [0.25, 0.3) is 0 Å². The molecule has 0 aliphatic heterocycles. The maximum absolute atomic E-state index is 10.9. The van der Waals surface area contributed by atoms with E-state index in [0.717, 1.165) is 0 Å². The molecule has 0 saturated heterocycles. The summed E-state index contributed by atoms with van der Waals surface area (Å²) >= 11 is 0. The van der Waals surface area contributed by atoms with Crippen molar-refractivity contribution in [2.75, 3.05) is 6.26 Å². The summed E-state index contributed by atoms with van der Waals surface area (Å²) in [6.45, 7) is 5.19. The Morgan fingerprint density at radius 3 is 2.27 bits per heavy atom. The lowest BCUT2D eigenvalue weighted by Gasteiger charge is -1.94. The molecule has 0 atom stereocenters. The van der Waals surface area contributed by atoms with Crippen LogP contribution in [0.15, 0.2) is 35.8 Å². The van der Waals surface area contributed by atoms with Crippen LogP contribution in [0.1, 0.15) is 6.92 Å². The van der Waals surface area contributed by atoms with Gasteiger partial charge in [-0.1, -0.05) is 18.7 Å². The Kier molecular flexibility index (Phi) is 3.82. The van der Waals surface area contributed by atoms with E-state index >= 15 is 0 Å². The van der Waals surface area contributed by atoms with Gasteiger partial charge in [-0.3, -0.25) is 0 Å². The monoisotopic (exact) mass is 172 g/mol. The second-order valence-electron chi connectivity index (χ2n) is 2.08. The van der Waals surface area contributed by atoms with Gasteiger partial charge < -0.3 is 0 Å². The molecule has 0 radical (unpaired) electrons. The highest BCUT2D eigenvalue weighted by atomic mass is 32.2. The first kappa shape index (κ1) is 10.2. The molecule has 0 fully saturated rings. The molecule has 0 bridgehead atoms. The van der Waals surface area contributed by atoms with Crippen molar-refractivity contribution in [2.45, 2.75) is 6.92 Å². The van der Waals surface area contributed by atoms with Crippen LogP contribution in [0, 0.1) is 0 Å². The van der Waals surface area contributed by atoms with E-state index in [1.165, 1.54) is 24.5 Å². The molecule has 2 nitrogen and oxygen atoms in total. The summed E-state index contributed by atoms with van der Waals surface area (Å²) in [6, 6.07) is 0. The van der Waals surface area contributed by atoms with Crippen molar-refractivity contribution in [1.82, 2.24) is 0 Å². The summed E-state index contributed by atoms with van der Waals surface area (Å²) < 4.78 is 21.9. The Morgan fingerprint density at radius 2 is 2.00 bits per heavy atom. The molecule has 0 unspecified atom stereocenters. The summed E-state index contributed by atoms with van der Waals surface area (Å²) in [5, 5.41) is 0. The van der Waals surface area contributed by atoms with E-state index in [4.69, 9.17) is 0 Å². The number of allylic oxidation sites excluding steroid dienone is 4. The first-order valence-corrected chi connectivity index (χ1v) is 5.07. The third-order valence-electron chi connectivity index (χ3n) is 1.04. The highest BCUT2D eigenvalue weighted by Gasteiger charge is 2.04. The van der Waals surface area contributed by atoms with Crippen molar-refractivity contribution in [1.29, 1.82) is 0 Å². The maximum Gasteiger partial charge on any atom is 0.175 e. The van der Waals surface area contributed by atoms with Crippen LogP contribution in [0.2, 0.25) is 0 Å². The Labute approximate surface area is 67.9 Å². The Hall–Kier alpha value is -0.830. The second kappa shape index (κ2) is 4.13.